The third-order valence-electron chi connectivity index (χ3n) is 3.71. The maximum absolute atomic E-state index is 11.7. The maximum atomic E-state index is 11.7. The lowest BCUT2D eigenvalue weighted by molar-refractivity contribution is -0.123. The van der Waals surface area contributed by atoms with E-state index in [1.165, 1.54) is 17.0 Å². The summed E-state index contributed by atoms with van der Waals surface area (Å²) in [7, 11) is 2.06. The Balaban J connectivity index is 1.73. The van der Waals surface area contributed by atoms with Gasteiger partial charge in [0.2, 0.25) is 0 Å². The van der Waals surface area contributed by atoms with Gasteiger partial charge in [0.1, 0.15) is 5.75 Å². The van der Waals surface area contributed by atoms with Gasteiger partial charge in [0.05, 0.1) is 0 Å². The lowest BCUT2D eigenvalue weighted by Gasteiger charge is -2.07. The van der Waals surface area contributed by atoms with E-state index < -0.39 is 0 Å². The van der Waals surface area contributed by atoms with Crippen LogP contribution in [0.15, 0.2) is 36.4 Å². The molecule has 1 heterocycles. The van der Waals surface area contributed by atoms with Crippen molar-refractivity contribution in [2.45, 2.75) is 20.3 Å². The number of benzene rings is 1. The van der Waals surface area contributed by atoms with Crippen LogP contribution in [0.4, 0.5) is 0 Å². The van der Waals surface area contributed by atoms with Gasteiger partial charge in [0.15, 0.2) is 6.61 Å². The predicted molar refractivity (Wildman–Crippen MR) is 83.5 cm³/mol. The van der Waals surface area contributed by atoms with Crippen molar-refractivity contribution in [2.24, 2.45) is 7.05 Å². The minimum Gasteiger partial charge on any atom is -0.484 e. The zero-order valence-corrected chi connectivity index (χ0v) is 12.8. The van der Waals surface area contributed by atoms with Gasteiger partial charge in [-0.05, 0) is 44.0 Å². The molecule has 0 spiro atoms. The summed E-state index contributed by atoms with van der Waals surface area (Å²) in [6, 6.07) is 11.5. The van der Waals surface area contributed by atoms with Crippen molar-refractivity contribution in [3.05, 3.63) is 53.3 Å². The summed E-state index contributed by atoms with van der Waals surface area (Å²) in [5.41, 5.74) is 3.77. The zero-order valence-electron chi connectivity index (χ0n) is 12.8. The van der Waals surface area contributed by atoms with E-state index in [2.05, 4.69) is 36.8 Å². The Kier molecular flexibility index (Phi) is 5.04. The molecule has 21 heavy (non-hydrogen) atoms. The maximum Gasteiger partial charge on any atom is 0.257 e. The monoisotopic (exact) mass is 286 g/mol. The molecule has 1 N–H and O–H groups in total. The second-order valence-electron chi connectivity index (χ2n) is 5.16. The molecule has 0 fully saturated rings. The summed E-state index contributed by atoms with van der Waals surface area (Å²) < 4.78 is 7.56. The molecule has 1 aromatic carbocycles. The van der Waals surface area contributed by atoms with E-state index in [-0.39, 0.29) is 12.5 Å². The van der Waals surface area contributed by atoms with Gasteiger partial charge in [0.25, 0.3) is 5.91 Å². The topological polar surface area (TPSA) is 43.3 Å². The first-order chi connectivity index (χ1) is 10.1. The first-order valence-electron chi connectivity index (χ1n) is 7.14. The number of aromatic nitrogens is 1. The summed E-state index contributed by atoms with van der Waals surface area (Å²) in [6.07, 6.45) is 0.838. The molecule has 2 aromatic rings. The highest BCUT2D eigenvalue weighted by Gasteiger charge is 2.07. The molecule has 4 heteroatoms. The number of aryl methyl sites for hydroxylation is 1. The number of amides is 1. The normalized spacial score (nSPS) is 10.4. The van der Waals surface area contributed by atoms with Gasteiger partial charge in [-0.15, -0.1) is 0 Å². The van der Waals surface area contributed by atoms with Crippen LogP contribution in [0.3, 0.4) is 0 Å². The van der Waals surface area contributed by atoms with Crippen LogP contribution in [0.25, 0.3) is 0 Å². The summed E-state index contributed by atoms with van der Waals surface area (Å²) >= 11 is 0. The molecular formula is C17H22N2O2. The first-order valence-corrected chi connectivity index (χ1v) is 7.14. The first kappa shape index (κ1) is 15.2. The van der Waals surface area contributed by atoms with Crippen LogP contribution in [-0.2, 0) is 18.3 Å². The quantitative estimate of drug-likeness (QED) is 0.886. The Morgan fingerprint density at radius 1 is 1.24 bits per heavy atom. The van der Waals surface area contributed by atoms with Crippen molar-refractivity contribution < 1.29 is 9.53 Å². The van der Waals surface area contributed by atoms with Crippen molar-refractivity contribution in [2.75, 3.05) is 13.2 Å². The highest BCUT2D eigenvalue weighted by Crippen LogP contribution is 2.13. The second-order valence-corrected chi connectivity index (χ2v) is 5.16. The van der Waals surface area contributed by atoms with Crippen molar-refractivity contribution in [3.8, 4) is 5.75 Å². The average Bonchev–Trinajstić information content (AvgIpc) is 2.74. The number of hydrogen-bond acceptors (Lipinski definition) is 2. The van der Waals surface area contributed by atoms with Gasteiger partial charge >= 0.3 is 0 Å². The largest absolute Gasteiger partial charge is 0.484 e. The second kappa shape index (κ2) is 6.97. The molecule has 0 aliphatic heterocycles. The van der Waals surface area contributed by atoms with Gasteiger partial charge < -0.3 is 14.6 Å². The van der Waals surface area contributed by atoms with Gasteiger partial charge in [-0.25, -0.2) is 0 Å². The molecule has 4 nitrogen and oxygen atoms in total. The Labute approximate surface area is 125 Å². The van der Waals surface area contributed by atoms with Gasteiger partial charge in [0, 0.05) is 25.0 Å². The third kappa shape index (κ3) is 4.12. The van der Waals surface area contributed by atoms with Crippen LogP contribution in [0.1, 0.15) is 17.0 Å². The van der Waals surface area contributed by atoms with Crippen molar-refractivity contribution in [1.29, 1.82) is 0 Å². The van der Waals surface area contributed by atoms with Crippen LogP contribution in [0.5, 0.6) is 5.75 Å². The van der Waals surface area contributed by atoms with E-state index in [4.69, 9.17) is 4.74 Å². The number of rotatable bonds is 6. The highest BCUT2D eigenvalue weighted by molar-refractivity contribution is 5.77. The molecule has 0 aliphatic rings. The van der Waals surface area contributed by atoms with E-state index in [1.54, 1.807) is 0 Å². The molecule has 0 aliphatic carbocycles. The molecule has 1 amide bonds. The number of carbonyl (C=O) groups excluding carboxylic acids is 1. The fourth-order valence-corrected chi connectivity index (χ4v) is 2.24. The molecule has 112 valence electrons. The molecule has 0 radical (unpaired) electrons. The number of para-hydroxylation sites is 1. The molecule has 0 saturated heterocycles. The molecule has 0 atom stereocenters. The van der Waals surface area contributed by atoms with Gasteiger partial charge in [-0.1, -0.05) is 18.2 Å². The standard InChI is InChI=1S/C17H22N2O2/c1-13-11-15(14(2)19(13)3)9-10-18-17(20)12-21-16-7-5-4-6-8-16/h4-8,11H,9-10,12H2,1-3H3,(H,18,20). The van der Waals surface area contributed by atoms with Crippen LogP contribution in [-0.4, -0.2) is 23.6 Å². The molecule has 1 aromatic heterocycles. The summed E-state index contributed by atoms with van der Waals surface area (Å²) in [4.78, 5) is 11.7. The minimum absolute atomic E-state index is 0.0524. The number of nitrogens with one attached hydrogen (secondary N) is 1. The Bertz CT molecular complexity index is 603. The van der Waals surface area contributed by atoms with Gasteiger partial charge in [-0.3, -0.25) is 4.79 Å². The number of ether oxygens (including phenoxy) is 1. The Morgan fingerprint density at radius 3 is 2.57 bits per heavy atom. The van der Waals surface area contributed by atoms with E-state index in [1.807, 2.05) is 30.3 Å². The van der Waals surface area contributed by atoms with E-state index in [0.717, 1.165) is 6.42 Å². The lowest BCUT2D eigenvalue weighted by Crippen LogP contribution is -2.30. The minimum atomic E-state index is -0.0934. The Morgan fingerprint density at radius 2 is 1.95 bits per heavy atom. The molecular weight excluding hydrogens is 264 g/mol. The van der Waals surface area contributed by atoms with Crippen LogP contribution in [0.2, 0.25) is 0 Å². The number of nitrogens with zero attached hydrogens (tertiary/aromatic N) is 1. The lowest BCUT2D eigenvalue weighted by atomic mass is 10.2. The summed E-state index contributed by atoms with van der Waals surface area (Å²) in [5, 5.41) is 2.88. The van der Waals surface area contributed by atoms with E-state index >= 15 is 0 Å². The fraction of sp³-hybridized carbons (Fsp3) is 0.353. The predicted octanol–water partition coefficient (Wildman–Crippen LogP) is 2.38. The van der Waals surface area contributed by atoms with Crippen molar-refractivity contribution in [1.82, 2.24) is 9.88 Å². The molecule has 0 unspecified atom stereocenters. The van der Waals surface area contributed by atoms with Crippen LogP contribution < -0.4 is 10.1 Å². The molecule has 0 saturated carbocycles. The molecule has 0 bridgehead atoms. The molecule has 2 rings (SSSR count). The number of carbonyl (C=O) groups is 1. The van der Waals surface area contributed by atoms with Gasteiger partial charge in [-0.2, -0.15) is 0 Å². The van der Waals surface area contributed by atoms with Crippen LogP contribution >= 0.6 is 0 Å². The Hall–Kier alpha value is -2.23. The fourth-order valence-electron chi connectivity index (χ4n) is 2.24. The smallest absolute Gasteiger partial charge is 0.257 e. The SMILES string of the molecule is Cc1cc(CCNC(=O)COc2ccccc2)c(C)n1C. The third-order valence-corrected chi connectivity index (χ3v) is 3.71. The van der Waals surface area contributed by atoms with E-state index in [9.17, 15) is 4.79 Å². The van der Waals surface area contributed by atoms with Crippen LogP contribution in [0, 0.1) is 13.8 Å². The number of hydrogen-bond donors (Lipinski definition) is 1. The van der Waals surface area contributed by atoms with Crippen molar-refractivity contribution >= 4 is 5.91 Å². The highest BCUT2D eigenvalue weighted by atomic mass is 16.5. The summed E-state index contributed by atoms with van der Waals surface area (Å²) in [5.74, 6) is 0.617. The van der Waals surface area contributed by atoms with E-state index in [0.29, 0.717) is 12.3 Å². The summed E-state index contributed by atoms with van der Waals surface area (Å²) in [6.45, 7) is 4.86. The average molecular weight is 286 g/mol. The van der Waals surface area contributed by atoms with Crippen molar-refractivity contribution in [3.63, 3.8) is 0 Å². The zero-order chi connectivity index (χ0) is 15.2.